The molecule has 0 spiro atoms. The molecule has 0 aromatic carbocycles. The maximum Gasteiger partial charge on any atom is 0.252 e. The van der Waals surface area contributed by atoms with Gasteiger partial charge in [0, 0.05) is 24.2 Å². The molecule has 0 amide bonds. The summed E-state index contributed by atoms with van der Waals surface area (Å²) in [6, 6.07) is 1.95. The van der Waals surface area contributed by atoms with Crippen LogP contribution in [0.3, 0.4) is 0 Å². The zero-order chi connectivity index (χ0) is 10.8. The van der Waals surface area contributed by atoms with Crippen LogP contribution in [0.2, 0.25) is 0 Å². The smallest absolute Gasteiger partial charge is 0.252 e. The molecular weight excluding hydrogens is 192 g/mol. The van der Waals surface area contributed by atoms with Crippen molar-refractivity contribution in [3.63, 3.8) is 0 Å². The number of carbonyl (C=O) groups excluding carboxylic acids is 1. The standard InChI is InChI=1S/C10H12N4O/c1-7-6-8(2)14-10(11-7)12-9(13-14)4-3-5-15/h5-6H,3-4H2,1-2H3. The third kappa shape index (κ3) is 1.86. The average molecular weight is 204 g/mol. The summed E-state index contributed by atoms with van der Waals surface area (Å²) in [5.41, 5.74) is 1.93. The molecule has 78 valence electrons. The van der Waals surface area contributed by atoms with E-state index in [1.165, 1.54) is 0 Å². The second kappa shape index (κ2) is 3.76. The van der Waals surface area contributed by atoms with Gasteiger partial charge in [0.15, 0.2) is 5.82 Å². The number of hydrogen-bond donors (Lipinski definition) is 0. The minimum absolute atomic E-state index is 0.453. The fraction of sp³-hybridized carbons (Fsp3) is 0.400. The average Bonchev–Trinajstić information content (AvgIpc) is 2.57. The molecule has 2 heterocycles. The fourth-order valence-corrected chi connectivity index (χ4v) is 1.50. The molecule has 0 bridgehead atoms. The Labute approximate surface area is 87.2 Å². The monoisotopic (exact) mass is 204 g/mol. The van der Waals surface area contributed by atoms with Gasteiger partial charge in [0.25, 0.3) is 5.78 Å². The highest BCUT2D eigenvalue weighted by molar-refractivity contribution is 5.49. The number of rotatable bonds is 3. The van der Waals surface area contributed by atoms with Gasteiger partial charge in [0.1, 0.15) is 6.29 Å². The van der Waals surface area contributed by atoms with E-state index in [-0.39, 0.29) is 0 Å². The first-order chi connectivity index (χ1) is 7.20. The molecule has 0 aliphatic rings. The molecule has 0 fully saturated rings. The van der Waals surface area contributed by atoms with E-state index in [0.29, 0.717) is 24.4 Å². The Morgan fingerprint density at radius 3 is 2.93 bits per heavy atom. The van der Waals surface area contributed by atoms with Crippen LogP contribution >= 0.6 is 0 Å². The van der Waals surface area contributed by atoms with E-state index in [1.54, 1.807) is 4.52 Å². The quantitative estimate of drug-likeness (QED) is 0.696. The number of aromatic nitrogens is 4. The van der Waals surface area contributed by atoms with Crippen LogP contribution in [0.4, 0.5) is 0 Å². The zero-order valence-electron chi connectivity index (χ0n) is 8.77. The molecule has 0 saturated carbocycles. The Hall–Kier alpha value is -1.78. The summed E-state index contributed by atoms with van der Waals surface area (Å²) in [5.74, 6) is 1.27. The summed E-state index contributed by atoms with van der Waals surface area (Å²) in [7, 11) is 0. The fourth-order valence-electron chi connectivity index (χ4n) is 1.50. The van der Waals surface area contributed by atoms with Crippen LogP contribution in [-0.4, -0.2) is 25.9 Å². The Morgan fingerprint density at radius 2 is 2.20 bits per heavy atom. The summed E-state index contributed by atoms with van der Waals surface area (Å²) in [6.07, 6.45) is 1.90. The molecule has 0 atom stereocenters. The van der Waals surface area contributed by atoms with Crippen LogP contribution < -0.4 is 0 Å². The number of nitrogens with zero attached hydrogens (tertiary/aromatic N) is 4. The lowest BCUT2D eigenvalue weighted by atomic mass is 10.3. The minimum atomic E-state index is 0.453. The molecule has 2 aromatic heterocycles. The lowest BCUT2D eigenvalue weighted by Crippen LogP contribution is -1.97. The van der Waals surface area contributed by atoms with Crippen LogP contribution in [0.25, 0.3) is 5.78 Å². The summed E-state index contributed by atoms with van der Waals surface area (Å²) in [6.45, 7) is 3.88. The molecule has 2 rings (SSSR count). The van der Waals surface area contributed by atoms with E-state index >= 15 is 0 Å². The molecule has 5 nitrogen and oxygen atoms in total. The van der Waals surface area contributed by atoms with Crippen LogP contribution in [0.1, 0.15) is 23.6 Å². The van der Waals surface area contributed by atoms with Crippen molar-refractivity contribution in [2.24, 2.45) is 0 Å². The Bertz CT molecular complexity index is 503. The number of fused-ring (bicyclic) bond motifs is 1. The van der Waals surface area contributed by atoms with Gasteiger partial charge in [-0.25, -0.2) is 9.50 Å². The van der Waals surface area contributed by atoms with Crippen LogP contribution in [-0.2, 0) is 11.2 Å². The first-order valence-corrected chi connectivity index (χ1v) is 4.84. The lowest BCUT2D eigenvalue weighted by Gasteiger charge is -1.97. The predicted octanol–water partition coefficient (Wildman–Crippen LogP) is 0.873. The third-order valence-electron chi connectivity index (χ3n) is 2.15. The second-order valence-electron chi connectivity index (χ2n) is 3.48. The van der Waals surface area contributed by atoms with Crippen molar-refractivity contribution in [3.05, 3.63) is 23.3 Å². The van der Waals surface area contributed by atoms with Gasteiger partial charge in [-0.05, 0) is 19.9 Å². The van der Waals surface area contributed by atoms with Crippen molar-refractivity contribution in [2.45, 2.75) is 26.7 Å². The van der Waals surface area contributed by atoms with E-state index in [0.717, 1.165) is 17.7 Å². The van der Waals surface area contributed by atoms with E-state index in [9.17, 15) is 4.79 Å². The predicted molar refractivity (Wildman–Crippen MR) is 54.6 cm³/mol. The minimum Gasteiger partial charge on any atom is -0.303 e. The highest BCUT2D eigenvalue weighted by Crippen LogP contribution is 2.05. The van der Waals surface area contributed by atoms with Crippen molar-refractivity contribution >= 4 is 12.1 Å². The molecule has 0 unspecified atom stereocenters. The van der Waals surface area contributed by atoms with Crippen molar-refractivity contribution in [1.82, 2.24) is 19.6 Å². The number of hydrogen-bond acceptors (Lipinski definition) is 4. The molecule has 2 aromatic rings. The van der Waals surface area contributed by atoms with Gasteiger partial charge in [-0.15, -0.1) is 5.10 Å². The lowest BCUT2D eigenvalue weighted by molar-refractivity contribution is -0.107. The van der Waals surface area contributed by atoms with Crippen molar-refractivity contribution < 1.29 is 4.79 Å². The molecule has 0 radical (unpaired) electrons. The topological polar surface area (TPSA) is 60.2 Å². The van der Waals surface area contributed by atoms with Gasteiger partial charge in [0.2, 0.25) is 0 Å². The van der Waals surface area contributed by atoms with Crippen molar-refractivity contribution in [1.29, 1.82) is 0 Å². The first kappa shape index (κ1) is 9.76. The molecule has 0 saturated heterocycles. The SMILES string of the molecule is Cc1cc(C)n2nc(CCC=O)nc2n1. The van der Waals surface area contributed by atoms with Crippen molar-refractivity contribution in [3.8, 4) is 0 Å². The van der Waals surface area contributed by atoms with E-state index in [4.69, 9.17) is 0 Å². The summed E-state index contributed by atoms with van der Waals surface area (Å²) in [5, 5.41) is 4.28. The van der Waals surface area contributed by atoms with E-state index < -0.39 is 0 Å². The third-order valence-corrected chi connectivity index (χ3v) is 2.15. The van der Waals surface area contributed by atoms with Gasteiger partial charge >= 0.3 is 0 Å². The zero-order valence-corrected chi connectivity index (χ0v) is 8.77. The van der Waals surface area contributed by atoms with Crippen molar-refractivity contribution in [2.75, 3.05) is 0 Å². The Morgan fingerprint density at radius 1 is 1.40 bits per heavy atom. The number of carbonyl (C=O) groups is 1. The maximum atomic E-state index is 10.2. The van der Waals surface area contributed by atoms with Gasteiger partial charge < -0.3 is 4.79 Å². The first-order valence-electron chi connectivity index (χ1n) is 4.84. The van der Waals surface area contributed by atoms with Gasteiger partial charge in [-0.3, -0.25) is 0 Å². The number of aldehydes is 1. The maximum absolute atomic E-state index is 10.2. The molecule has 0 aliphatic carbocycles. The summed E-state index contributed by atoms with van der Waals surface area (Å²) in [4.78, 5) is 18.8. The molecule has 5 heteroatoms. The highest BCUT2D eigenvalue weighted by atomic mass is 16.1. The Balaban J connectivity index is 2.45. The summed E-state index contributed by atoms with van der Waals surface area (Å²) < 4.78 is 1.70. The van der Waals surface area contributed by atoms with Crippen LogP contribution in [0.15, 0.2) is 6.07 Å². The highest BCUT2D eigenvalue weighted by Gasteiger charge is 2.06. The van der Waals surface area contributed by atoms with Gasteiger partial charge in [0.05, 0.1) is 0 Å². The largest absolute Gasteiger partial charge is 0.303 e. The van der Waals surface area contributed by atoms with E-state index in [1.807, 2.05) is 19.9 Å². The summed E-state index contributed by atoms with van der Waals surface area (Å²) >= 11 is 0. The second-order valence-corrected chi connectivity index (χ2v) is 3.48. The molecular formula is C10H12N4O. The molecule has 15 heavy (non-hydrogen) atoms. The number of aryl methyl sites for hydroxylation is 3. The Kier molecular flexibility index (Phi) is 2.45. The molecule has 0 N–H and O–H groups in total. The molecule has 0 aliphatic heterocycles. The van der Waals surface area contributed by atoms with Crippen LogP contribution in [0, 0.1) is 13.8 Å². The van der Waals surface area contributed by atoms with Gasteiger partial charge in [-0.1, -0.05) is 0 Å². The van der Waals surface area contributed by atoms with Crippen LogP contribution in [0.5, 0.6) is 0 Å². The normalized spacial score (nSPS) is 10.8. The van der Waals surface area contributed by atoms with E-state index in [2.05, 4.69) is 15.1 Å². The van der Waals surface area contributed by atoms with Gasteiger partial charge in [-0.2, -0.15) is 4.98 Å².